The van der Waals surface area contributed by atoms with Crippen molar-refractivity contribution >= 4 is 39.1 Å². The fourth-order valence-electron chi connectivity index (χ4n) is 3.33. The van der Waals surface area contributed by atoms with Crippen molar-refractivity contribution < 1.29 is 22.7 Å². The molecule has 35 heavy (non-hydrogen) atoms. The SMILES string of the molecule is COc1ccc(CNC(=O)CN(Cc2ccc(Cl)cc2Cl)S(=O)(=O)c2ccc(C)cc2)cc1OC. The maximum atomic E-state index is 13.4. The van der Waals surface area contributed by atoms with E-state index >= 15 is 0 Å². The topological polar surface area (TPSA) is 84.9 Å². The van der Waals surface area contributed by atoms with Gasteiger partial charge >= 0.3 is 0 Å². The number of carbonyl (C=O) groups is 1. The van der Waals surface area contributed by atoms with E-state index in [-0.39, 0.29) is 18.0 Å². The molecule has 0 spiro atoms. The molecule has 0 aliphatic rings. The van der Waals surface area contributed by atoms with Gasteiger partial charge in [-0.25, -0.2) is 8.42 Å². The molecular formula is C25H26Cl2N2O5S. The molecule has 0 saturated carbocycles. The van der Waals surface area contributed by atoms with E-state index in [1.807, 2.05) is 6.92 Å². The summed E-state index contributed by atoms with van der Waals surface area (Å²) in [7, 11) is -0.936. The standard InChI is InChI=1S/C25H26Cl2N2O5S/c1-17-4-9-21(10-5-17)35(31,32)29(15-19-7-8-20(26)13-22(19)27)16-25(30)28-14-18-6-11-23(33-2)24(12-18)34-3/h4-13H,14-16H2,1-3H3,(H,28,30). The monoisotopic (exact) mass is 536 g/mol. The molecule has 0 bridgehead atoms. The second-order valence-corrected chi connectivity index (χ2v) is 10.6. The van der Waals surface area contributed by atoms with E-state index in [0.717, 1.165) is 15.4 Å². The Labute approximate surface area is 215 Å². The molecule has 0 unspecified atom stereocenters. The van der Waals surface area contributed by atoms with Crippen molar-refractivity contribution in [2.24, 2.45) is 0 Å². The molecule has 3 aromatic rings. The molecule has 0 fully saturated rings. The zero-order valence-corrected chi connectivity index (χ0v) is 21.9. The number of hydrogen-bond acceptors (Lipinski definition) is 5. The van der Waals surface area contributed by atoms with E-state index in [9.17, 15) is 13.2 Å². The number of sulfonamides is 1. The summed E-state index contributed by atoms with van der Waals surface area (Å²) in [6, 6.07) is 16.5. The quantitative estimate of drug-likeness (QED) is 0.401. The Hall–Kier alpha value is -2.78. The smallest absolute Gasteiger partial charge is 0.243 e. The van der Waals surface area contributed by atoms with Gasteiger partial charge in [-0.05, 0) is 54.4 Å². The summed E-state index contributed by atoms with van der Waals surface area (Å²) in [6.07, 6.45) is 0. The van der Waals surface area contributed by atoms with Crippen molar-refractivity contribution in [1.29, 1.82) is 0 Å². The minimum absolute atomic E-state index is 0.0841. The number of nitrogens with zero attached hydrogens (tertiary/aromatic N) is 1. The molecule has 3 rings (SSSR count). The van der Waals surface area contributed by atoms with Gasteiger partial charge in [-0.3, -0.25) is 4.79 Å². The second kappa shape index (κ2) is 11.8. The highest BCUT2D eigenvalue weighted by Gasteiger charge is 2.27. The van der Waals surface area contributed by atoms with Crippen molar-refractivity contribution in [2.45, 2.75) is 24.9 Å². The highest BCUT2D eigenvalue weighted by molar-refractivity contribution is 7.89. The number of aryl methyl sites for hydroxylation is 1. The molecule has 0 aromatic heterocycles. The maximum absolute atomic E-state index is 13.4. The highest BCUT2D eigenvalue weighted by Crippen LogP contribution is 2.28. The maximum Gasteiger partial charge on any atom is 0.243 e. The van der Waals surface area contributed by atoms with E-state index < -0.39 is 22.5 Å². The second-order valence-electron chi connectivity index (χ2n) is 7.79. The zero-order chi connectivity index (χ0) is 25.6. The van der Waals surface area contributed by atoms with Gasteiger partial charge in [-0.2, -0.15) is 4.31 Å². The van der Waals surface area contributed by atoms with Gasteiger partial charge in [-0.1, -0.05) is 53.0 Å². The Morgan fingerprint density at radius 1 is 0.943 bits per heavy atom. The summed E-state index contributed by atoms with van der Waals surface area (Å²) in [5, 5.41) is 3.51. The lowest BCUT2D eigenvalue weighted by Gasteiger charge is -2.23. The van der Waals surface area contributed by atoms with Crippen LogP contribution in [0.15, 0.2) is 65.6 Å². The summed E-state index contributed by atoms with van der Waals surface area (Å²) in [5.74, 6) is 0.624. The van der Waals surface area contributed by atoms with Crippen LogP contribution in [-0.4, -0.2) is 39.4 Å². The molecule has 1 amide bonds. The molecule has 0 saturated heterocycles. The van der Waals surface area contributed by atoms with Crippen LogP contribution >= 0.6 is 23.2 Å². The summed E-state index contributed by atoms with van der Waals surface area (Å²) in [5.41, 5.74) is 2.22. The van der Waals surface area contributed by atoms with Gasteiger partial charge in [0, 0.05) is 23.1 Å². The normalized spacial score (nSPS) is 11.4. The first-order valence-electron chi connectivity index (χ1n) is 10.6. The fourth-order valence-corrected chi connectivity index (χ4v) is 5.18. The molecule has 0 aliphatic carbocycles. The Morgan fingerprint density at radius 2 is 1.63 bits per heavy atom. The van der Waals surface area contributed by atoms with Crippen molar-refractivity contribution in [3.05, 3.63) is 87.4 Å². The number of methoxy groups -OCH3 is 2. The van der Waals surface area contributed by atoms with Crippen LogP contribution in [0.2, 0.25) is 10.0 Å². The average Bonchev–Trinajstić information content (AvgIpc) is 2.83. The summed E-state index contributed by atoms with van der Waals surface area (Å²) in [6.45, 7) is 1.54. The number of carbonyl (C=O) groups excluding carboxylic acids is 1. The van der Waals surface area contributed by atoms with Gasteiger partial charge < -0.3 is 14.8 Å². The third-order valence-corrected chi connectivity index (χ3v) is 7.67. The van der Waals surface area contributed by atoms with Gasteiger partial charge in [0.25, 0.3) is 0 Å². The number of benzene rings is 3. The molecule has 186 valence electrons. The number of rotatable bonds is 10. The number of ether oxygens (including phenoxy) is 2. The van der Waals surface area contributed by atoms with Crippen LogP contribution in [0.25, 0.3) is 0 Å². The molecule has 0 atom stereocenters. The van der Waals surface area contributed by atoms with Crippen LogP contribution < -0.4 is 14.8 Å². The van der Waals surface area contributed by atoms with E-state index in [1.165, 1.54) is 32.4 Å². The van der Waals surface area contributed by atoms with Crippen LogP contribution in [0.3, 0.4) is 0 Å². The lowest BCUT2D eigenvalue weighted by Crippen LogP contribution is -2.40. The Morgan fingerprint density at radius 3 is 2.26 bits per heavy atom. The first kappa shape index (κ1) is 26.8. The number of amides is 1. The fraction of sp³-hybridized carbons (Fsp3) is 0.240. The summed E-state index contributed by atoms with van der Waals surface area (Å²) >= 11 is 12.3. The van der Waals surface area contributed by atoms with Gasteiger partial charge in [0.2, 0.25) is 15.9 Å². The zero-order valence-electron chi connectivity index (χ0n) is 19.5. The molecule has 3 aromatic carbocycles. The van der Waals surface area contributed by atoms with Crippen molar-refractivity contribution in [1.82, 2.24) is 9.62 Å². The highest BCUT2D eigenvalue weighted by atomic mass is 35.5. The molecule has 1 N–H and O–H groups in total. The lowest BCUT2D eigenvalue weighted by molar-refractivity contribution is -0.121. The minimum atomic E-state index is -4.00. The van der Waals surface area contributed by atoms with Gasteiger partial charge in [0.1, 0.15) is 0 Å². The van der Waals surface area contributed by atoms with E-state index in [0.29, 0.717) is 27.1 Å². The predicted octanol–water partition coefficient (Wildman–Crippen LogP) is 4.83. The Bertz CT molecular complexity index is 1300. The molecule has 10 heteroatoms. The number of hydrogen-bond donors (Lipinski definition) is 1. The molecule has 0 aliphatic heterocycles. The number of nitrogens with one attached hydrogen (secondary N) is 1. The molecule has 0 heterocycles. The minimum Gasteiger partial charge on any atom is -0.493 e. The number of halogens is 2. The van der Waals surface area contributed by atoms with Gasteiger partial charge in [0.05, 0.1) is 25.7 Å². The Balaban J connectivity index is 1.82. The van der Waals surface area contributed by atoms with Crippen LogP contribution in [0, 0.1) is 6.92 Å². The molecule has 7 nitrogen and oxygen atoms in total. The predicted molar refractivity (Wildman–Crippen MR) is 137 cm³/mol. The first-order chi connectivity index (χ1) is 16.6. The van der Waals surface area contributed by atoms with Crippen molar-refractivity contribution in [3.8, 4) is 11.5 Å². The van der Waals surface area contributed by atoms with Crippen LogP contribution in [0.4, 0.5) is 0 Å². The first-order valence-corrected chi connectivity index (χ1v) is 12.8. The largest absolute Gasteiger partial charge is 0.493 e. The van der Waals surface area contributed by atoms with Gasteiger partial charge in [-0.15, -0.1) is 0 Å². The van der Waals surface area contributed by atoms with E-state index in [1.54, 1.807) is 42.5 Å². The lowest BCUT2D eigenvalue weighted by atomic mass is 10.2. The Kier molecular flexibility index (Phi) is 9.02. The third kappa shape index (κ3) is 6.89. The van der Waals surface area contributed by atoms with E-state index in [2.05, 4.69) is 5.32 Å². The van der Waals surface area contributed by atoms with Crippen molar-refractivity contribution in [2.75, 3.05) is 20.8 Å². The van der Waals surface area contributed by atoms with Crippen LogP contribution in [0.5, 0.6) is 11.5 Å². The molecule has 0 radical (unpaired) electrons. The average molecular weight is 537 g/mol. The third-order valence-electron chi connectivity index (χ3n) is 5.28. The van der Waals surface area contributed by atoms with Crippen LogP contribution in [0.1, 0.15) is 16.7 Å². The van der Waals surface area contributed by atoms with Crippen molar-refractivity contribution in [3.63, 3.8) is 0 Å². The summed E-state index contributed by atoms with van der Waals surface area (Å²) < 4.78 is 38.5. The summed E-state index contributed by atoms with van der Waals surface area (Å²) in [4.78, 5) is 12.9. The van der Waals surface area contributed by atoms with E-state index in [4.69, 9.17) is 32.7 Å². The molecular weight excluding hydrogens is 511 g/mol. The van der Waals surface area contributed by atoms with Gasteiger partial charge in [0.15, 0.2) is 11.5 Å². The van der Waals surface area contributed by atoms with Crippen LogP contribution in [-0.2, 0) is 27.9 Å².